The van der Waals surface area contributed by atoms with E-state index in [4.69, 9.17) is 5.73 Å². The fraction of sp³-hybridized carbons (Fsp3) is 0.667. The lowest BCUT2D eigenvalue weighted by molar-refractivity contribution is -0.385. The van der Waals surface area contributed by atoms with E-state index in [0.717, 1.165) is 0 Å². The van der Waals surface area contributed by atoms with Crippen LogP contribution in [0.25, 0.3) is 0 Å². The summed E-state index contributed by atoms with van der Waals surface area (Å²) in [6.07, 6.45) is 2.53. The van der Waals surface area contributed by atoms with Gasteiger partial charge in [0.25, 0.3) is 0 Å². The van der Waals surface area contributed by atoms with Crippen molar-refractivity contribution in [2.75, 3.05) is 0 Å². The SMILES string of the molecule is Cn1ncc([N+](=O)[O-])c1CCC(C)(C)N. The molecule has 6 nitrogen and oxygen atoms in total. The summed E-state index contributed by atoms with van der Waals surface area (Å²) in [5.41, 5.74) is 6.20. The third-order valence-corrected chi connectivity index (χ3v) is 2.24. The van der Waals surface area contributed by atoms with Crippen LogP contribution in [0.3, 0.4) is 0 Å². The van der Waals surface area contributed by atoms with Crippen LogP contribution < -0.4 is 5.73 Å². The number of nitrogens with two attached hydrogens (primary N) is 1. The molecular formula is C9H16N4O2. The van der Waals surface area contributed by atoms with Gasteiger partial charge in [0.2, 0.25) is 0 Å². The van der Waals surface area contributed by atoms with Gasteiger partial charge in [0, 0.05) is 12.6 Å². The van der Waals surface area contributed by atoms with Crippen molar-refractivity contribution in [2.24, 2.45) is 12.8 Å². The first-order chi connectivity index (χ1) is 6.81. The largest absolute Gasteiger partial charge is 0.326 e. The van der Waals surface area contributed by atoms with E-state index in [9.17, 15) is 10.1 Å². The summed E-state index contributed by atoms with van der Waals surface area (Å²) < 4.78 is 1.53. The average Bonchev–Trinajstić information content (AvgIpc) is 2.42. The Bertz CT molecular complexity index is 365. The zero-order chi connectivity index (χ0) is 11.6. The minimum atomic E-state index is -0.411. The standard InChI is InChI=1S/C9H16N4O2/c1-9(2,10)5-4-7-8(13(14)15)6-11-12(7)3/h6H,4-5,10H2,1-3H3. The summed E-state index contributed by atoms with van der Waals surface area (Å²) in [5.74, 6) is 0. The van der Waals surface area contributed by atoms with Gasteiger partial charge in [-0.2, -0.15) is 5.10 Å². The van der Waals surface area contributed by atoms with Gasteiger partial charge in [-0.25, -0.2) is 0 Å². The molecule has 1 heterocycles. The lowest BCUT2D eigenvalue weighted by Crippen LogP contribution is -2.32. The molecule has 2 N–H and O–H groups in total. The second-order valence-electron chi connectivity index (χ2n) is 4.35. The van der Waals surface area contributed by atoms with E-state index in [0.29, 0.717) is 18.5 Å². The van der Waals surface area contributed by atoms with Gasteiger partial charge >= 0.3 is 5.69 Å². The highest BCUT2D eigenvalue weighted by atomic mass is 16.6. The Morgan fingerprint density at radius 3 is 2.73 bits per heavy atom. The van der Waals surface area contributed by atoms with Crippen molar-refractivity contribution in [2.45, 2.75) is 32.2 Å². The van der Waals surface area contributed by atoms with Crippen LogP contribution in [0.1, 0.15) is 26.0 Å². The van der Waals surface area contributed by atoms with Crippen molar-refractivity contribution >= 4 is 5.69 Å². The molecule has 1 aromatic rings. The number of nitrogens with zero attached hydrogens (tertiary/aromatic N) is 3. The molecule has 0 radical (unpaired) electrons. The minimum absolute atomic E-state index is 0.0711. The van der Waals surface area contributed by atoms with Crippen LogP contribution in [0.2, 0.25) is 0 Å². The second kappa shape index (κ2) is 3.98. The van der Waals surface area contributed by atoms with Crippen molar-refractivity contribution in [1.82, 2.24) is 9.78 Å². The maximum atomic E-state index is 10.7. The molecule has 0 aliphatic rings. The van der Waals surface area contributed by atoms with Crippen molar-refractivity contribution in [3.63, 3.8) is 0 Å². The first-order valence-corrected chi connectivity index (χ1v) is 4.75. The molecule has 0 unspecified atom stereocenters. The fourth-order valence-corrected chi connectivity index (χ4v) is 1.33. The number of nitro groups is 1. The van der Waals surface area contributed by atoms with Gasteiger partial charge in [-0.3, -0.25) is 14.8 Å². The topological polar surface area (TPSA) is 87.0 Å². The van der Waals surface area contributed by atoms with E-state index in [1.807, 2.05) is 13.8 Å². The molecule has 6 heteroatoms. The van der Waals surface area contributed by atoms with Crippen LogP contribution in [-0.4, -0.2) is 20.2 Å². The summed E-state index contributed by atoms with van der Waals surface area (Å²) >= 11 is 0. The van der Waals surface area contributed by atoms with Crippen molar-refractivity contribution in [3.8, 4) is 0 Å². The highest BCUT2D eigenvalue weighted by Crippen LogP contribution is 2.20. The van der Waals surface area contributed by atoms with Crippen LogP contribution in [-0.2, 0) is 13.5 Å². The summed E-state index contributed by atoms with van der Waals surface area (Å²) in [6, 6.07) is 0. The number of hydrogen-bond acceptors (Lipinski definition) is 4. The first kappa shape index (κ1) is 11.6. The minimum Gasteiger partial charge on any atom is -0.326 e. The number of rotatable bonds is 4. The van der Waals surface area contributed by atoms with Crippen molar-refractivity contribution in [1.29, 1.82) is 0 Å². The summed E-state index contributed by atoms with van der Waals surface area (Å²) in [5, 5.41) is 14.6. The maximum absolute atomic E-state index is 10.7. The first-order valence-electron chi connectivity index (χ1n) is 4.75. The lowest BCUT2D eigenvalue weighted by atomic mass is 9.98. The van der Waals surface area contributed by atoms with Gasteiger partial charge in [0.15, 0.2) is 0 Å². The Morgan fingerprint density at radius 1 is 1.67 bits per heavy atom. The van der Waals surface area contributed by atoms with Gasteiger partial charge in [0.1, 0.15) is 11.9 Å². The Balaban J connectivity index is 2.84. The van der Waals surface area contributed by atoms with Crippen LogP contribution >= 0.6 is 0 Å². The summed E-state index contributed by atoms with van der Waals surface area (Å²) in [4.78, 5) is 10.3. The zero-order valence-corrected chi connectivity index (χ0v) is 9.23. The van der Waals surface area contributed by atoms with E-state index in [2.05, 4.69) is 5.10 Å². The normalized spacial score (nSPS) is 11.7. The molecule has 0 bridgehead atoms. The Kier molecular flexibility index (Phi) is 3.09. The molecule has 0 aromatic carbocycles. The summed E-state index contributed by atoms with van der Waals surface area (Å²) in [7, 11) is 1.70. The molecule has 0 aliphatic heterocycles. The zero-order valence-electron chi connectivity index (χ0n) is 9.23. The molecule has 0 fully saturated rings. The number of aryl methyl sites for hydroxylation is 1. The molecule has 0 amide bonds. The van der Waals surface area contributed by atoms with E-state index in [-0.39, 0.29) is 11.2 Å². The molecule has 1 rings (SSSR count). The highest BCUT2D eigenvalue weighted by molar-refractivity contribution is 5.33. The predicted octanol–water partition coefficient (Wildman–Crippen LogP) is 0.998. The van der Waals surface area contributed by atoms with Crippen LogP contribution in [0, 0.1) is 10.1 Å². The molecule has 15 heavy (non-hydrogen) atoms. The lowest BCUT2D eigenvalue weighted by Gasteiger charge is -2.17. The Morgan fingerprint density at radius 2 is 2.27 bits per heavy atom. The molecule has 0 saturated carbocycles. The molecule has 1 aromatic heterocycles. The quantitative estimate of drug-likeness (QED) is 0.595. The van der Waals surface area contributed by atoms with Crippen molar-refractivity contribution in [3.05, 3.63) is 22.0 Å². The van der Waals surface area contributed by atoms with Crippen LogP contribution in [0.15, 0.2) is 6.20 Å². The third-order valence-electron chi connectivity index (χ3n) is 2.24. The van der Waals surface area contributed by atoms with Gasteiger partial charge in [-0.15, -0.1) is 0 Å². The van der Waals surface area contributed by atoms with E-state index in [1.54, 1.807) is 7.05 Å². The third kappa shape index (κ3) is 3.02. The van der Waals surface area contributed by atoms with Crippen molar-refractivity contribution < 1.29 is 4.92 Å². The maximum Gasteiger partial charge on any atom is 0.310 e. The van der Waals surface area contributed by atoms with Gasteiger partial charge in [0.05, 0.1) is 4.92 Å². The number of aromatic nitrogens is 2. The van der Waals surface area contributed by atoms with E-state index < -0.39 is 4.92 Å². The molecule has 0 atom stereocenters. The molecular weight excluding hydrogens is 196 g/mol. The molecule has 84 valence electrons. The second-order valence-corrected chi connectivity index (χ2v) is 4.35. The van der Waals surface area contributed by atoms with Crippen LogP contribution in [0.5, 0.6) is 0 Å². The van der Waals surface area contributed by atoms with Gasteiger partial charge < -0.3 is 5.73 Å². The molecule has 0 aliphatic carbocycles. The summed E-state index contributed by atoms with van der Waals surface area (Å²) in [6.45, 7) is 3.80. The monoisotopic (exact) mass is 212 g/mol. The molecule has 0 spiro atoms. The van der Waals surface area contributed by atoms with E-state index >= 15 is 0 Å². The highest BCUT2D eigenvalue weighted by Gasteiger charge is 2.21. The number of hydrogen-bond donors (Lipinski definition) is 1. The predicted molar refractivity (Wildman–Crippen MR) is 56.4 cm³/mol. The average molecular weight is 212 g/mol. The van der Waals surface area contributed by atoms with Crippen LogP contribution in [0.4, 0.5) is 5.69 Å². The van der Waals surface area contributed by atoms with Gasteiger partial charge in [-0.05, 0) is 26.7 Å². The molecule has 0 saturated heterocycles. The smallest absolute Gasteiger partial charge is 0.310 e. The Hall–Kier alpha value is -1.43. The Labute approximate surface area is 88.2 Å². The van der Waals surface area contributed by atoms with E-state index in [1.165, 1.54) is 10.9 Å². The van der Waals surface area contributed by atoms with Gasteiger partial charge in [-0.1, -0.05) is 0 Å². The fourth-order valence-electron chi connectivity index (χ4n) is 1.33.